The Bertz CT molecular complexity index is 366. The summed E-state index contributed by atoms with van der Waals surface area (Å²) >= 11 is 1.61. The van der Waals surface area contributed by atoms with Crippen LogP contribution in [0.25, 0.3) is 0 Å². The van der Waals surface area contributed by atoms with Crippen molar-refractivity contribution in [2.75, 3.05) is 13.1 Å². The Balaban J connectivity index is 1.97. The van der Waals surface area contributed by atoms with Gasteiger partial charge in [0.25, 0.3) is 0 Å². The summed E-state index contributed by atoms with van der Waals surface area (Å²) in [5, 5.41) is 6.28. The molecule has 1 aromatic heterocycles. The highest BCUT2D eigenvalue weighted by Gasteiger charge is 2.34. The van der Waals surface area contributed by atoms with Gasteiger partial charge in [-0.3, -0.25) is 4.79 Å². The zero-order valence-electron chi connectivity index (χ0n) is 10.3. The van der Waals surface area contributed by atoms with Crippen LogP contribution in [-0.4, -0.2) is 34.9 Å². The predicted molar refractivity (Wildman–Crippen MR) is 68.9 cm³/mol. The highest BCUT2D eigenvalue weighted by molar-refractivity contribution is 7.09. The molecule has 0 saturated carbocycles. The fourth-order valence-electron chi connectivity index (χ4n) is 2.17. The first kappa shape index (κ1) is 12.5. The van der Waals surface area contributed by atoms with Crippen LogP contribution in [0.2, 0.25) is 0 Å². The van der Waals surface area contributed by atoms with E-state index in [1.165, 1.54) is 0 Å². The molecule has 0 bridgehead atoms. The molecule has 1 N–H and O–H groups in total. The molecule has 1 aromatic rings. The van der Waals surface area contributed by atoms with Gasteiger partial charge in [0.05, 0.1) is 12.1 Å². The van der Waals surface area contributed by atoms with Crippen molar-refractivity contribution < 1.29 is 4.79 Å². The van der Waals surface area contributed by atoms with Crippen LogP contribution in [0.3, 0.4) is 0 Å². The van der Waals surface area contributed by atoms with Crippen molar-refractivity contribution >= 4 is 17.2 Å². The molecule has 5 heteroatoms. The number of carbonyl (C=O) groups excluding carboxylic acids is 1. The van der Waals surface area contributed by atoms with E-state index in [1.54, 1.807) is 17.5 Å². The van der Waals surface area contributed by atoms with Crippen molar-refractivity contribution in [2.24, 2.45) is 0 Å². The number of nitrogens with zero attached hydrogens (tertiary/aromatic N) is 2. The number of likely N-dealkylation sites (tertiary alicyclic amines) is 1. The first-order chi connectivity index (χ1) is 8.24. The fraction of sp³-hybridized carbons (Fsp3) is 0.667. The number of rotatable bonds is 5. The van der Waals surface area contributed by atoms with E-state index in [9.17, 15) is 4.79 Å². The van der Waals surface area contributed by atoms with Crippen LogP contribution in [0.1, 0.15) is 37.7 Å². The number of carbonyl (C=O) groups is 1. The zero-order chi connectivity index (χ0) is 12.3. The predicted octanol–water partition coefficient (Wildman–Crippen LogP) is 1.80. The number of hydrogen-bond donors (Lipinski definition) is 1. The molecule has 17 heavy (non-hydrogen) atoms. The van der Waals surface area contributed by atoms with Crippen LogP contribution in [0.4, 0.5) is 0 Å². The highest BCUT2D eigenvalue weighted by atomic mass is 32.1. The summed E-state index contributed by atoms with van der Waals surface area (Å²) < 4.78 is 0. The molecule has 2 atom stereocenters. The maximum Gasteiger partial charge on any atom is 0.240 e. The Morgan fingerprint density at radius 2 is 2.53 bits per heavy atom. The summed E-state index contributed by atoms with van der Waals surface area (Å²) in [6.07, 6.45) is 3.77. The summed E-state index contributed by atoms with van der Waals surface area (Å²) in [7, 11) is 0. The lowest BCUT2D eigenvalue weighted by Gasteiger charge is -2.23. The number of aromatic nitrogens is 1. The van der Waals surface area contributed by atoms with Crippen LogP contribution >= 0.6 is 11.3 Å². The topological polar surface area (TPSA) is 45.2 Å². The second kappa shape index (κ2) is 5.60. The molecular formula is C12H19N3OS. The van der Waals surface area contributed by atoms with Gasteiger partial charge < -0.3 is 10.2 Å². The van der Waals surface area contributed by atoms with E-state index in [-0.39, 0.29) is 18.0 Å². The Labute approximate surface area is 106 Å². The monoisotopic (exact) mass is 253 g/mol. The van der Waals surface area contributed by atoms with Crippen molar-refractivity contribution in [1.82, 2.24) is 15.2 Å². The molecule has 0 spiro atoms. The van der Waals surface area contributed by atoms with Crippen LogP contribution in [0.15, 0.2) is 11.6 Å². The molecule has 4 nitrogen and oxygen atoms in total. The van der Waals surface area contributed by atoms with E-state index in [4.69, 9.17) is 0 Å². The van der Waals surface area contributed by atoms with Gasteiger partial charge in [-0.1, -0.05) is 6.92 Å². The van der Waals surface area contributed by atoms with Crippen molar-refractivity contribution in [3.8, 4) is 0 Å². The molecule has 0 aliphatic carbocycles. The third-order valence-corrected chi connectivity index (χ3v) is 4.10. The number of nitrogens with one attached hydrogen (secondary N) is 1. The molecule has 94 valence electrons. The van der Waals surface area contributed by atoms with E-state index in [2.05, 4.69) is 24.1 Å². The van der Waals surface area contributed by atoms with Gasteiger partial charge in [0.1, 0.15) is 5.01 Å². The van der Waals surface area contributed by atoms with E-state index >= 15 is 0 Å². The minimum Gasteiger partial charge on any atom is -0.332 e. The van der Waals surface area contributed by atoms with E-state index in [0.29, 0.717) is 0 Å². The lowest BCUT2D eigenvalue weighted by Crippen LogP contribution is -2.39. The molecule has 1 fully saturated rings. The summed E-state index contributed by atoms with van der Waals surface area (Å²) in [5.41, 5.74) is 0. The van der Waals surface area contributed by atoms with E-state index in [0.717, 1.165) is 30.9 Å². The molecule has 2 unspecified atom stereocenters. The Kier molecular flexibility index (Phi) is 4.12. The lowest BCUT2D eigenvalue weighted by atomic mass is 10.2. The van der Waals surface area contributed by atoms with Crippen molar-refractivity contribution in [3.05, 3.63) is 16.6 Å². The third-order valence-electron chi connectivity index (χ3n) is 3.16. The van der Waals surface area contributed by atoms with Gasteiger partial charge in [0.15, 0.2) is 0 Å². The maximum atomic E-state index is 12.2. The van der Waals surface area contributed by atoms with Gasteiger partial charge in [0.2, 0.25) is 5.91 Å². The molecule has 2 heterocycles. The van der Waals surface area contributed by atoms with Crippen molar-refractivity contribution in [1.29, 1.82) is 0 Å². The lowest BCUT2D eigenvalue weighted by molar-refractivity contribution is -0.131. The summed E-state index contributed by atoms with van der Waals surface area (Å²) in [4.78, 5) is 18.4. The third kappa shape index (κ3) is 2.66. The first-order valence-corrected chi connectivity index (χ1v) is 7.05. The summed E-state index contributed by atoms with van der Waals surface area (Å²) in [6, 6.07) is 0.119. The summed E-state index contributed by atoms with van der Waals surface area (Å²) in [5.74, 6) is 0.223. The average molecular weight is 253 g/mol. The largest absolute Gasteiger partial charge is 0.332 e. The van der Waals surface area contributed by atoms with Crippen LogP contribution < -0.4 is 5.32 Å². The standard InChI is InChI=1S/C12H19N3OS/c1-3-5-13-10-4-7-15(12(10)16)9(2)11-14-6-8-17-11/h6,8-10,13H,3-5,7H2,1-2H3. The number of amides is 1. The van der Waals surface area contributed by atoms with Crippen molar-refractivity contribution in [3.63, 3.8) is 0 Å². The SMILES string of the molecule is CCCNC1CCN(C(C)c2nccs2)C1=O. The number of thiazole rings is 1. The Morgan fingerprint density at radius 3 is 3.18 bits per heavy atom. The molecule has 1 aliphatic heterocycles. The fourth-order valence-corrected chi connectivity index (χ4v) is 2.88. The Morgan fingerprint density at radius 1 is 1.71 bits per heavy atom. The van der Waals surface area contributed by atoms with E-state index in [1.807, 2.05) is 10.3 Å². The molecule has 1 amide bonds. The molecular weight excluding hydrogens is 234 g/mol. The minimum absolute atomic E-state index is 0.0114. The van der Waals surface area contributed by atoms with Crippen LogP contribution in [0.5, 0.6) is 0 Å². The molecule has 0 aromatic carbocycles. The molecule has 2 rings (SSSR count). The van der Waals surface area contributed by atoms with Gasteiger partial charge in [-0.25, -0.2) is 4.98 Å². The van der Waals surface area contributed by atoms with Gasteiger partial charge in [-0.15, -0.1) is 11.3 Å². The summed E-state index contributed by atoms with van der Waals surface area (Å²) in [6.45, 7) is 5.91. The maximum absolute atomic E-state index is 12.2. The van der Waals surface area contributed by atoms with Crippen LogP contribution in [-0.2, 0) is 4.79 Å². The van der Waals surface area contributed by atoms with Gasteiger partial charge in [0, 0.05) is 18.1 Å². The van der Waals surface area contributed by atoms with Crippen molar-refractivity contribution in [2.45, 2.75) is 38.8 Å². The van der Waals surface area contributed by atoms with Gasteiger partial charge in [-0.2, -0.15) is 0 Å². The highest BCUT2D eigenvalue weighted by Crippen LogP contribution is 2.26. The molecule has 1 aliphatic rings. The molecule has 1 saturated heterocycles. The smallest absolute Gasteiger partial charge is 0.240 e. The minimum atomic E-state index is 0.0114. The molecule has 0 radical (unpaired) electrons. The second-order valence-electron chi connectivity index (χ2n) is 4.37. The number of hydrogen-bond acceptors (Lipinski definition) is 4. The quantitative estimate of drug-likeness (QED) is 0.870. The van der Waals surface area contributed by atoms with Gasteiger partial charge >= 0.3 is 0 Å². The normalized spacial score (nSPS) is 22.1. The zero-order valence-corrected chi connectivity index (χ0v) is 11.2. The average Bonchev–Trinajstić information content (AvgIpc) is 2.95. The van der Waals surface area contributed by atoms with E-state index < -0.39 is 0 Å². The second-order valence-corrected chi connectivity index (χ2v) is 5.30. The van der Waals surface area contributed by atoms with Crippen LogP contribution in [0, 0.1) is 0 Å². The first-order valence-electron chi connectivity index (χ1n) is 6.17. The Hall–Kier alpha value is -0.940. The van der Waals surface area contributed by atoms with Gasteiger partial charge in [-0.05, 0) is 26.3 Å².